The molecule has 2 heteroatoms. The van der Waals surface area contributed by atoms with Crippen molar-refractivity contribution in [2.75, 3.05) is 13.6 Å². The molecular formula is C9H20IN. The summed E-state index contributed by atoms with van der Waals surface area (Å²) >= 11 is 2.51. The minimum Gasteiger partial charge on any atom is -0.319 e. The van der Waals surface area contributed by atoms with Crippen LogP contribution in [0, 0.1) is 5.41 Å². The SMILES string of the molecule is CNCC(C)(C)CC(C)(C)I. The second-order valence-electron chi connectivity index (χ2n) is 4.59. The molecule has 0 heterocycles. The number of halogens is 1. The highest BCUT2D eigenvalue weighted by Gasteiger charge is 2.25. The van der Waals surface area contributed by atoms with Crippen molar-refractivity contribution in [3.63, 3.8) is 0 Å². The summed E-state index contributed by atoms with van der Waals surface area (Å²) in [4.78, 5) is 0. The maximum absolute atomic E-state index is 3.23. The smallest absolute Gasteiger partial charge is 0.0171 e. The van der Waals surface area contributed by atoms with E-state index in [-0.39, 0.29) is 0 Å². The lowest BCUT2D eigenvalue weighted by molar-refractivity contribution is 0.301. The first kappa shape index (κ1) is 11.7. The van der Waals surface area contributed by atoms with Crippen LogP contribution in [0.15, 0.2) is 0 Å². The minimum atomic E-state index is 0.415. The average Bonchev–Trinajstić information content (AvgIpc) is 1.55. The molecular weight excluding hydrogens is 249 g/mol. The van der Waals surface area contributed by atoms with Gasteiger partial charge in [0, 0.05) is 3.42 Å². The Morgan fingerprint density at radius 1 is 1.18 bits per heavy atom. The van der Waals surface area contributed by atoms with Gasteiger partial charge in [0.2, 0.25) is 0 Å². The maximum atomic E-state index is 3.23. The molecule has 0 aromatic rings. The summed E-state index contributed by atoms with van der Waals surface area (Å²) in [6, 6.07) is 0. The van der Waals surface area contributed by atoms with Gasteiger partial charge in [-0.05, 0) is 25.4 Å². The number of alkyl halides is 1. The lowest BCUT2D eigenvalue weighted by Gasteiger charge is -2.30. The van der Waals surface area contributed by atoms with E-state index in [0.29, 0.717) is 8.84 Å². The molecule has 0 spiro atoms. The summed E-state index contributed by atoms with van der Waals surface area (Å²) in [6.45, 7) is 10.3. The highest BCUT2D eigenvalue weighted by molar-refractivity contribution is 14.1. The lowest BCUT2D eigenvalue weighted by Crippen LogP contribution is -2.32. The van der Waals surface area contributed by atoms with E-state index >= 15 is 0 Å². The Morgan fingerprint density at radius 2 is 1.64 bits per heavy atom. The third-order valence-electron chi connectivity index (χ3n) is 1.55. The minimum absolute atomic E-state index is 0.415. The van der Waals surface area contributed by atoms with Gasteiger partial charge >= 0.3 is 0 Å². The van der Waals surface area contributed by atoms with Crippen LogP contribution in [0.2, 0.25) is 0 Å². The van der Waals surface area contributed by atoms with Gasteiger partial charge in [0.05, 0.1) is 0 Å². The number of hydrogen-bond acceptors (Lipinski definition) is 1. The van der Waals surface area contributed by atoms with Crippen molar-refractivity contribution < 1.29 is 0 Å². The molecule has 0 amide bonds. The van der Waals surface area contributed by atoms with Crippen molar-refractivity contribution in [3.05, 3.63) is 0 Å². The Bertz CT molecular complexity index is 113. The topological polar surface area (TPSA) is 12.0 Å². The zero-order valence-corrected chi connectivity index (χ0v) is 10.4. The molecule has 0 aliphatic rings. The van der Waals surface area contributed by atoms with Gasteiger partial charge in [0.1, 0.15) is 0 Å². The molecule has 1 nitrogen and oxygen atoms in total. The molecule has 1 N–H and O–H groups in total. The van der Waals surface area contributed by atoms with Crippen LogP contribution in [0.5, 0.6) is 0 Å². The molecule has 0 aromatic carbocycles. The fourth-order valence-corrected chi connectivity index (χ4v) is 2.71. The molecule has 0 aliphatic carbocycles. The van der Waals surface area contributed by atoms with Crippen LogP contribution < -0.4 is 5.32 Å². The van der Waals surface area contributed by atoms with Crippen molar-refractivity contribution >= 4 is 22.6 Å². The molecule has 0 aromatic heterocycles. The van der Waals surface area contributed by atoms with E-state index < -0.39 is 0 Å². The van der Waals surface area contributed by atoms with E-state index in [4.69, 9.17) is 0 Å². The quantitative estimate of drug-likeness (QED) is 0.611. The van der Waals surface area contributed by atoms with Crippen LogP contribution in [0.3, 0.4) is 0 Å². The van der Waals surface area contributed by atoms with Crippen molar-refractivity contribution in [1.82, 2.24) is 5.32 Å². The van der Waals surface area contributed by atoms with Gasteiger partial charge in [0.25, 0.3) is 0 Å². The Kier molecular flexibility index (Phi) is 4.33. The first-order valence-electron chi connectivity index (χ1n) is 4.10. The van der Waals surface area contributed by atoms with E-state index in [1.807, 2.05) is 7.05 Å². The molecule has 11 heavy (non-hydrogen) atoms. The van der Waals surface area contributed by atoms with E-state index in [1.54, 1.807) is 0 Å². The summed E-state index contributed by atoms with van der Waals surface area (Å²) in [5, 5.41) is 3.23. The molecule has 0 saturated carbocycles. The molecule has 68 valence electrons. The van der Waals surface area contributed by atoms with E-state index in [0.717, 1.165) is 6.54 Å². The van der Waals surface area contributed by atoms with Crippen molar-refractivity contribution in [1.29, 1.82) is 0 Å². The van der Waals surface area contributed by atoms with E-state index in [2.05, 4.69) is 55.6 Å². The van der Waals surface area contributed by atoms with Gasteiger partial charge in [-0.3, -0.25) is 0 Å². The highest BCUT2D eigenvalue weighted by Crippen LogP contribution is 2.32. The third-order valence-corrected chi connectivity index (χ3v) is 1.94. The van der Waals surface area contributed by atoms with Crippen LogP contribution in [-0.2, 0) is 0 Å². The molecule has 0 fully saturated rings. The van der Waals surface area contributed by atoms with E-state index in [9.17, 15) is 0 Å². The van der Waals surface area contributed by atoms with Crippen molar-refractivity contribution in [3.8, 4) is 0 Å². The third kappa shape index (κ3) is 7.06. The largest absolute Gasteiger partial charge is 0.319 e. The zero-order valence-electron chi connectivity index (χ0n) is 8.29. The number of hydrogen-bond donors (Lipinski definition) is 1. The van der Waals surface area contributed by atoms with Crippen LogP contribution in [0.1, 0.15) is 34.1 Å². The predicted molar refractivity (Wildman–Crippen MR) is 60.4 cm³/mol. The van der Waals surface area contributed by atoms with Gasteiger partial charge in [0.15, 0.2) is 0 Å². The van der Waals surface area contributed by atoms with Crippen LogP contribution in [0.4, 0.5) is 0 Å². The monoisotopic (exact) mass is 269 g/mol. The molecule has 0 saturated heterocycles. The van der Waals surface area contributed by atoms with Gasteiger partial charge in [-0.1, -0.05) is 50.3 Å². The molecule has 0 rings (SSSR count). The second kappa shape index (κ2) is 4.08. The van der Waals surface area contributed by atoms with E-state index in [1.165, 1.54) is 6.42 Å². The lowest BCUT2D eigenvalue weighted by atomic mass is 9.84. The summed E-state index contributed by atoms with van der Waals surface area (Å²) in [5.41, 5.74) is 0.416. The van der Waals surface area contributed by atoms with Crippen LogP contribution in [-0.4, -0.2) is 17.0 Å². The summed E-state index contributed by atoms with van der Waals surface area (Å²) in [5.74, 6) is 0. The zero-order chi connectivity index (χ0) is 9.12. The highest BCUT2D eigenvalue weighted by atomic mass is 127. The average molecular weight is 269 g/mol. The first-order valence-corrected chi connectivity index (χ1v) is 5.18. The standard InChI is InChI=1S/C9H20IN/c1-8(2,7-11-5)6-9(3,4)10/h11H,6-7H2,1-5H3. The molecule has 0 bridgehead atoms. The first-order chi connectivity index (χ1) is 4.77. The molecule has 0 unspecified atom stereocenters. The van der Waals surface area contributed by atoms with Crippen LogP contribution in [0.25, 0.3) is 0 Å². The van der Waals surface area contributed by atoms with Gasteiger partial charge in [-0.25, -0.2) is 0 Å². The van der Waals surface area contributed by atoms with Crippen LogP contribution >= 0.6 is 22.6 Å². The number of rotatable bonds is 4. The summed E-state index contributed by atoms with van der Waals surface area (Å²) in [7, 11) is 2.02. The summed E-state index contributed by atoms with van der Waals surface area (Å²) in [6.07, 6.45) is 1.25. The Balaban J connectivity index is 3.91. The Morgan fingerprint density at radius 3 is 1.91 bits per heavy atom. The number of nitrogens with one attached hydrogen (secondary N) is 1. The van der Waals surface area contributed by atoms with Crippen molar-refractivity contribution in [2.45, 2.75) is 37.5 Å². The Hall–Kier alpha value is 0.690. The normalized spacial score (nSPS) is 13.6. The summed E-state index contributed by atoms with van der Waals surface area (Å²) < 4.78 is 0.415. The molecule has 0 radical (unpaired) electrons. The fourth-order valence-electron chi connectivity index (χ4n) is 1.68. The van der Waals surface area contributed by atoms with Gasteiger partial charge < -0.3 is 5.32 Å². The molecule has 0 atom stereocenters. The van der Waals surface area contributed by atoms with Crippen molar-refractivity contribution in [2.24, 2.45) is 5.41 Å². The molecule has 0 aliphatic heterocycles. The maximum Gasteiger partial charge on any atom is 0.0171 e. The Labute approximate surface area is 84.5 Å². The second-order valence-corrected chi connectivity index (χ2v) is 7.51. The predicted octanol–water partition coefficient (Wildman–Crippen LogP) is 2.84. The van der Waals surface area contributed by atoms with Gasteiger partial charge in [-0.15, -0.1) is 0 Å². The fraction of sp³-hybridized carbons (Fsp3) is 1.00. The van der Waals surface area contributed by atoms with Gasteiger partial charge in [-0.2, -0.15) is 0 Å².